The highest BCUT2D eigenvalue weighted by Crippen LogP contribution is 2.33. The Balaban J connectivity index is 1.66. The molecule has 1 saturated heterocycles. The predicted molar refractivity (Wildman–Crippen MR) is 119 cm³/mol. The summed E-state index contributed by atoms with van der Waals surface area (Å²) in [7, 11) is 0. The summed E-state index contributed by atoms with van der Waals surface area (Å²) in [4.78, 5) is 37.5. The molecule has 0 unspecified atom stereocenters. The number of benzene rings is 2. The summed E-state index contributed by atoms with van der Waals surface area (Å²) in [5.41, 5.74) is 0.503. The molecule has 0 radical (unpaired) electrons. The van der Waals surface area contributed by atoms with Gasteiger partial charge in [-0.2, -0.15) is 0 Å². The van der Waals surface area contributed by atoms with Crippen LogP contribution in [0.25, 0.3) is 0 Å². The molecule has 0 aliphatic carbocycles. The first-order valence-electron chi connectivity index (χ1n) is 9.70. The molecular weight excluding hydrogens is 445 g/mol. The molecule has 0 aromatic heterocycles. The van der Waals surface area contributed by atoms with E-state index in [9.17, 15) is 19.7 Å². The van der Waals surface area contributed by atoms with Crippen molar-refractivity contribution in [3.05, 3.63) is 62.1 Å². The SMILES string of the molecule is CC1CCN(c2ccc(C(=O)OCC(=O)Nc3c(Cl)cccc3Cl)cc2[N+](=O)[O-])CC1. The molecule has 31 heavy (non-hydrogen) atoms. The molecule has 0 bridgehead atoms. The summed E-state index contributed by atoms with van der Waals surface area (Å²) in [6.07, 6.45) is 1.90. The lowest BCUT2D eigenvalue weighted by Crippen LogP contribution is -2.33. The van der Waals surface area contributed by atoms with Crippen molar-refractivity contribution in [1.82, 2.24) is 0 Å². The van der Waals surface area contributed by atoms with Crippen LogP contribution >= 0.6 is 23.2 Å². The lowest BCUT2D eigenvalue weighted by Gasteiger charge is -2.31. The van der Waals surface area contributed by atoms with Gasteiger partial charge in [0.05, 0.1) is 26.2 Å². The zero-order valence-corrected chi connectivity index (χ0v) is 18.3. The molecule has 3 rings (SSSR count). The molecule has 1 aliphatic heterocycles. The number of carbonyl (C=O) groups excluding carboxylic acids is 2. The third-order valence-corrected chi connectivity index (χ3v) is 5.72. The number of nitrogens with one attached hydrogen (secondary N) is 1. The Bertz CT molecular complexity index is 986. The second kappa shape index (κ2) is 9.98. The molecule has 1 N–H and O–H groups in total. The van der Waals surface area contributed by atoms with E-state index in [-0.39, 0.29) is 27.0 Å². The van der Waals surface area contributed by atoms with E-state index < -0.39 is 23.4 Å². The third-order valence-electron chi connectivity index (χ3n) is 5.09. The fourth-order valence-electron chi connectivity index (χ4n) is 3.32. The quantitative estimate of drug-likeness (QED) is 0.368. The molecule has 0 saturated carbocycles. The average Bonchev–Trinajstić information content (AvgIpc) is 2.75. The maximum Gasteiger partial charge on any atom is 0.338 e. The van der Waals surface area contributed by atoms with Gasteiger partial charge >= 0.3 is 5.97 Å². The molecule has 1 aliphatic rings. The highest BCUT2D eigenvalue weighted by Gasteiger charge is 2.25. The van der Waals surface area contributed by atoms with Crippen LogP contribution in [0.2, 0.25) is 10.0 Å². The molecule has 8 nitrogen and oxygen atoms in total. The number of anilines is 2. The highest BCUT2D eigenvalue weighted by molar-refractivity contribution is 6.39. The van der Waals surface area contributed by atoms with Gasteiger partial charge in [-0.15, -0.1) is 0 Å². The Hall–Kier alpha value is -2.84. The molecule has 2 aromatic rings. The summed E-state index contributed by atoms with van der Waals surface area (Å²) < 4.78 is 5.00. The van der Waals surface area contributed by atoms with Crippen molar-refractivity contribution in [2.75, 3.05) is 29.9 Å². The number of hydrogen-bond donors (Lipinski definition) is 1. The van der Waals surface area contributed by atoms with E-state index in [0.717, 1.165) is 25.9 Å². The summed E-state index contributed by atoms with van der Waals surface area (Å²) in [6, 6.07) is 8.93. The van der Waals surface area contributed by atoms with Crippen LogP contribution in [-0.2, 0) is 9.53 Å². The Morgan fingerprint density at radius 3 is 2.45 bits per heavy atom. The second-order valence-corrected chi connectivity index (χ2v) is 8.17. The van der Waals surface area contributed by atoms with Crippen molar-refractivity contribution in [1.29, 1.82) is 0 Å². The van der Waals surface area contributed by atoms with Crippen LogP contribution in [0.1, 0.15) is 30.1 Å². The first kappa shape index (κ1) is 22.8. The standard InChI is InChI=1S/C21H21Cl2N3O5/c1-13-7-9-25(10-8-13)17-6-5-14(11-18(17)26(29)30)21(28)31-12-19(27)24-20-15(22)3-2-4-16(20)23/h2-6,11,13H,7-10,12H2,1H3,(H,24,27). The van der Waals surface area contributed by atoms with Gasteiger partial charge < -0.3 is 15.0 Å². The number of nitro benzene ring substituents is 1. The molecule has 1 fully saturated rings. The van der Waals surface area contributed by atoms with Crippen molar-refractivity contribution in [2.24, 2.45) is 5.92 Å². The minimum absolute atomic E-state index is 0.00981. The van der Waals surface area contributed by atoms with E-state index in [0.29, 0.717) is 11.6 Å². The van der Waals surface area contributed by atoms with Crippen molar-refractivity contribution in [3.63, 3.8) is 0 Å². The molecule has 10 heteroatoms. The van der Waals surface area contributed by atoms with Gasteiger partial charge in [-0.3, -0.25) is 14.9 Å². The lowest BCUT2D eigenvalue weighted by molar-refractivity contribution is -0.384. The predicted octanol–water partition coefficient (Wildman–Crippen LogP) is 4.93. The number of esters is 1. The number of ether oxygens (including phenoxy) is 1. The number of nitro groups is 1. The van der Waals surface area contributed by atoms with Crippen LogP contribution in [0.4, 0.5) is 17.1 Å². The fraction of sp³-hybridized carbons (Fsp3) is 0.333. The number of hydrogen-bond acceptors (Lipinski definition) is 6. The molecule has 0 spiro atoms. The first-order valence-corrected chi connectivity index (χ1v) is 10.5. The smallest absolute Gasteiger partial charge is 0.338 e. The molecule has 164 valence electrons. The van der Waals surface area contributed by atoms with E-state index in [1.807, 2.05) is 4.90 Å². The van der Waals surface area contributed by atoms with Gasteiger partial charge in [0.15, 0.2) is 6.61 Å². The number of carbonyl (C=O) groups is 2. The van der Waals surface area contributed by atoms with Crippen LogP contribution < -0.4 is 10.2 Å². The normalized spacial score (nSPS) is 14.2. The first-order chi connectivity index (χ1) is 14.8. The molecular formula is C21H21Cl2N3O5. The largest absolute Gasteiger partial charge is 0.452 e. The number of amides is 1. The number of para-hydroxylation sites is 1. The topological polar surface area (TPSA) is 102 Å². The van der Waals surface area contributed by atoms with E-state index in [2.05, 4.69) is 12.2 Å². The molecule has 0 atom stereocenters. The summed E-state index contributed by atoms with van der Waals surface area (Å²) in [5.74, 6) is -0.907. The maximum atomic E-state index is 12.4. The minimum Gasteiger partial charge on any atom is -0.452 e. The molecule has 1 heterocycles. The van der Waals surface area contributed by atoms with Crippen LogP contribution in [0.5, 0.6) is 0 Å². The Kier molecular flexibility index (Phi) is 7.35. The number of nitrogens with zero attached hydrogens (tertiary/aromatic N) is 2. The van der Waals surface area contributed by atoms with Gasteiger partial charge in [0, 0.05) is 19.2 Å². The zero-order chi connectivity index (χ0) is 22.5. The van der Waals surface area contributed by atoms with Crippen molar-refractivity contribution < 1.29 is 19.2 Å². The van der Waals surface area contributed by atoms with Crippen molar-refractivity contribution in [3.8, 4) is 0 Å². The van der Waals surface area contributed by atoms with Gasteiger partial charge in [-0.1, -0.05) is 36.2 Å². The monoisotopic (exact) mass is 465 g/mol. The van der Waals surface area contributed by atoms with E-state index in [1.54, 1.807) is 24.3 Å². The van der Waals surface area contributed by atoms with E-state index in [1.165, 1.54) is 12.1 Å². The van der Waals surface area contributed by atoms with Gasteiger partial charge in [0.2, 0.25) is 0 Å². The van der Waals surface area contributed by atoms with Crippen molar-refractivity contribution in [2.45, 2.75) is 19.8 Å². The van der Waals surface area contributed by atoms with Gasteiger partial charge in [0.1, 0.15) is 5.69 Å². The number of piperidine rings is 1. The third kappa shape index (κ3) is 5.65. The highest BCUT2D eigenvalue weighted by atomic mass is 35.5. The summed E-state index contributed by atoms with van der Waals surface area (Å²) in [5, 5.41) is 14.5. The Morgan fingerprint density at radius 1 is 1.19 bits per heavy atom. The second-order valence-electron chi connectivity index (χ2n) is 7.35. The lowest BCUT2D eigenvalue weighted by atomic mass is 9.98. The van der Waals surface area contributed by atoms with E-state index in [4.69, 9.17) is 27.9 Å². The maximum absolute atomic E-state index is 12.4. The van der Waals surface area contributed by atoms with Crippen molar-refractivity contribution >= 4 is 52.1 Å². The average molecular weight is 466 g/mol. The Labute approximate surface area is 189 Å². The van der Waals surface area contributed by atoms with Gasteiger partial charge in [0.25, 0.3) is 11.6 Å². The van der Waals surface area contributed by atoms with E-state index >= 15 is 0 Å². The van der Waals surface area contributed by atoms with Gasteiger partial charge in [-0.05, 0) is 43.0 Å². The van der Waals surface area contributed by atoms with Crippen LogP contribution in [0.15, 0.2) is 36.4 Å². The summed E-state index contributed by atoms with van der Waals surface area (Å²) in [6.45, 7) is 2.99. The summed E-state index contributed by atoms with van der Waals surface area (Å²) >= 11 is 12.0. The minimum atomic E-state index is -0.845. The van der Waals surface area contributed by atoms with Crippen LogP contribution in [0, 0.1) is 16.0 Å². The molecule has 2 aromatic carbocycles. The number of rotatable bonds is 6. The van der Waals surface area contributed by atoms with Crippen LogP contribution in [0.3, 0.4) is 0 Å². The zero-order valence-electron chi connectivity index (χ0n) is 16.8. The molecule has 1 amide bonds. The fourth-order valence-corrected chi connectivity index (χ4v) is 3.81. The Morgan fingerprint density at radius 2 is 1.84 bits per heavy atom. The van der Waals surface area contributed by atoms with Crippen LogP contribution in [-0.4, -0.2) is 36.5 Å². The van der Waals surface area contributed by atoms with Gasteiger partial charge in [-0.25, -0.2) is 4.79 Å². The number of halogens is 2.